The lowest BCUT2D eigenvalue weighted by molar-refractivity contribution is -0.133. The van der Waals surface area contributed by atoms with E-state index in [2.05, 4.69) is 20.1 Å². The summed E-state index contributed by atoms with van der Waals surface area (Å²) in [5, 5.41) is 8.62. The SMILES string of the molecule is O=C(COc1cccc(F)c1)N1CCN(c2ccc(-c3ccncc3)nn2)CC1. The third kappa shape index (κ3) is 4.66. The Morgan fingerprint density at radius 2 is 1.79 bits per heavy atom. The normalized spacial score (nSPS) is 14.0. The molecule has 4 rings (SSSR count). The number of nitrogens with zero attached hydrogens (tertiary/aromatic N) is 5. The van der Waals surface area contributed by atoms with Crippen LogP contribution in [0.15, 0.2) is 60.9 Å². The van der Waals surface area contributed by atoms with Gasteiger partial charge in [-0.05, 0) is 36.4 Å². The third-order valence-corrected chi connectivity index (χ3v) is 4.74. The number of anilines is 1. The molecule has 0 aliphatic carbocycles. The summed E-state index contributed by atoms with van der Waals surface area (Å²) in [5.41, 5.74) is 1.76. The van der Waals surface area contributed by atoms with Gasteiger partial charge in [-0.1, -0.05) is 6.07 Å². The van der Waals surface area contributed by atoms with Crippen molar-refractivity contribution in [3.63, 3.8) is 0 Å². The minimum Gasteiger partial charge on any atom is -0.484 e. The summed E-state index contributed by atoms with van der Waals surface area (Å²) in [7, 11) is 0. The van der Waals surface area contributed by atoms with Gasteiger partial charge in [-0.25, -0.2) is 4.39 Å². The van der Waals surface area contributed by atoms with Crippen LogP contribution < -0.4 is 9.64 Å². The van der Waals surface area contributed by atoms with E-state index >= 15 is 0 Å². The maximum absolute atomic E-state index is 13.2. The van der Waals surface area contributed by atoms with Gasteiger partial charge in [0.15, 0.2) is 12.4 Å². The molecule has 1 aromatic carbocycles. The first-order valence-electron chi connectivity index (χ1n) is 9.34. The first kappa shape index (κ1) is 18.8. The average molecular weight is 393 g/mol. The fourth-order valence-electron chi connectivity index (χ4n) is 3.15. The van der Waals surface area contributed by atoms with Crippen molar-refractivity contribution in [3.05, 3.63) is 66.7 Å². The molecule has 148 valence electrons. The second kappa shape index (κ2) is 8.64. The average Bonchev–Trinajstić information content (AvgIpc) is 2.78. The largest absolute Gasteiger partial charge is 0.484 e. The minimum absolute atomic E-state index is 0.107. The van der Waals surface area contributed by atoms with Gasteiger partial charge in [-0.3, -0.25) is 9.78 Å². The van der Waals surface area contributed by atoms with Crippen LogP contribution >= 0.6 is 0 Å². The van der Waals surface area contributed by atoms with Gasteiger partial charge >= 0.3 is 0 Å². The maximum Gasteiger partial charge on any atom is 0.260 e. The number of benzene rings is 1. The van der Waals surface area contributed by atoms with Gasteiger partial charge in [-0.2, -0.15) is 0 Å². The number of aromatic nitrogens is 3. The maximum atomic E-state index is 13.2. The van der Waals surface area contributed by atoms with Crippen molar-refractivity contribution in [2.24, 2.45) is 0 Å². The molecule has 29 heavy (non-hydrogen) atoms. The highest BCUT2D eigenvalue weighted by Gasteiger charge is 2.22. The van der Waals surface area contributed by atoms with Gasteiger partial charge in [0.1, 0.15) is 11.6 Å². The molecule has 0 bridgehead atoms. The van der Waals surface area contributed by atoms with Crippen LogP contribution in [-0.2, 0) is 4.79 Å². The van der Waals surface area contributed by atoms with Crippen molar-refractivity contribution in [2.45, 2.75) is 0 Å². The molecular weight excluding hydrogens is 373 g/mol. The van der Waals surface area contributed by atoms with E-state index in [1.807, 2.05) is 24.3 Å². The van der Waals surface area contributed by atoms with Crippen LogP contribution in [0.3, 0.4) is 0 Å². The summed E-state index contributed by atoms with van der Waals surface area (Å²) in [4.78, 5) is 20.2. The van der Waals surface area contributed by atoms with Crippen LogP contribution in [0.25, 0.3) is 11.3 Å². The standard InChI is InChI=1S/C21H20FN5O2/c22-17-2-1-3-18(14-17)29-15-21(28)27-12-10-26(11-13-27)20-5-4-19(24-25-20)16-6-8-23-9-7-16/h1-9,14H,10-13,15H2. The van der Waals surface area contributed by atoms with Gasteiger partial charge in [0.25, 0.3) is 5.91 Å². The molecule has 0 unspecified atom stereocenters. The van der Waals surface area contributed by atoms with E-state index in [9.17, 15) is 9.18 Å². The van der Waals surface area contributed by atoms with Crippen LogP contribution in [-0.4, -0.2) is 58.8 Å². The Hall–Kier alpha value is -3.55. The van der Waals surface area contributed by atoms with E-state index in [-0.39, 0.29) is 18.3 Å². The molecule has 2 aromatic heterocycles. The highest BCUT2D eigenvalue weighted by molar-refractivity contribution is 5.78. The molecule has 1 aliphatic heterocycles. The number of amides is 1. The zero-order chi connectivity index (χ0) is 20.1. The molecule has 1 aliphatic rings. The van der Waals surface area contributed by atoms with E-state index in [1.54, 1.807) is 29.4 Å². The number of piperazine rings is 1. The number of pyridine rings is 1. The molecule has 8 heteroatoms. The summed E-state index contributed by atoms with van der Waals surface area (Å²) in [6.45, 7) is 2.35. The van der Waals surface area contributed by atoms with E-state index in [4.69, 9.17) is 4.74 Å². The number of carbonyl (C=O) groups is 1. The molecule has 0 radical (unpaired) electrons. The van der Waals surface area contributed by atoms with Crippen molar-refractivity contribution in [2.75, 3.05) is 37.7 Å². The molecule has 3 aromatic rings. The number of hydrogen-bond acceptors (Lipinski definition) is 6. The number of rotatable bonds is 5. The topological polar surface area (TPSA) is 71.5 Å². The predicted molar refractivity (Wildman–Crippen MR) is 106 cm³/mol. The Bertz CT molecular complexity index is 960. The highest BCUT2D eigenvalue weighted by Crippen LogP contribution is 2.19. The molecule has 0 saturated carbocycles. The number of hydrogen-bond donors (Lipinski definition) is 0. The van der Waals surface area contributed by atoms with Crippen LogP contribution in [0.4, 0.5) is 10.2 Å². The van der Waals surface area contributed by atoms with E-state index < -0.39 is 0 Å². The lowest BCUT2D eigenvalue weighted by Gasteiger charge is -2.35. The summed E-state index contributed by atoms with van der Waals surface area (Å²) < 4.78 is 18.6. The van der Waals surface area contributed by atoms with Crippen LogP contribution in [0.5, 0.6) is 5.75 Å². The first-order valence-corrected chi connectivity index (χ1v) is 9.34. The molecule has 1 saturated heterocycles. The first-order chi connectivity index (χ1) is 14.2. The quantitative estimate of drug-likeness (QED) is 0.663. The molecule has 7 nitrogen and oxygen atoms in total. The van der Waals surface area contributed by atoms with Crippen molar-refractivity contribution in [3.8, 4) is 17.0 Å². The minimum atomic E-state index is -0.389. The van der Waals surface area contributed by atoms with Gasteiger partial charge in [0, 0.05) is 50.2 Å². The predicted octanol–water partition coefficient (Wildman–Crippen LogP) is 2.41. The Morgan fingerprint density at radius 1 is 1.00 bits per heavy atom. The molecule has 3 heterocycles. The number of carbonyl (C=O) groups excluding carboxylic acids is 1. The third-order valence-electron chi connectivity index (χ3n) is 4.74. The second-order valence-electron chi connectivity index (χ2n) is 6.63. The molecule has 0 spiro atoms. The van der Waals surface area contributed by atoms with E-state index in [0.29, 0.717) is 31.9 Å². The van der Waals surface area contributed by atoms with Gasteiger partial charge in [0.05, 0.1) is 5.69 Å². The molecule has 0 atom stereocenters. The van der Waals surface area contributed by atoms with Crippen molar-refractivity contribution in [1.82, 2.24) is 20.1 Å². The van der Waals surface area contributed by atoms with Crippen LogP contribution in [0, 0.1) is 5.82 Å². The fourth-order valence-corrected chi connectivity index (χ4v) is 3.15. The van der Waals surface area contributed by atoms with Crippen LogP contribution in [0.1, 0.15) is 0 Å². The van der Waals surface area contributed by atoms with E-state index in [0.717, 1.165) is 17.1 Å². The molecule has 1 fully saturated rings. The lowest BCUT2D eigenvalue weighted by Crippen LogP contribution is -2.50. The Kier molecular flexibility index (Phi) is 5.60. The Labute approximate surface area is 167 Å². The van der Waals surface area contributed by atoms with E-state index in [1.165, 1.54) is 12.1 Å². The van der Waals surface area contributed by atoms with Crippen molar-refractivity contribution >= 4 is 11.7 Å². The number of ether oxygens (including phenoxy) is 1. The summed E-state index contributed by atoms with van der Waals surface area (Å²) in [6.07, 6.45) is 3.44. The van der Waals surface area contributed by atoms with Gasteiger partial charge < -0.3 is 14.5 Å². The molecular formula is C21H20FN5O2. The summed E-state index contributed by atoms with van der Waals surface area (Å²) in [5.74, 6) is 0.625. The molecule has 0 N–H and O–H groups in total. The monoisotopic (exact) mass is 393 g/mol. The fraction of sp³-hybridized carbons (Fsp3) is 0.238. The van der Waals surface area contributed by atoms with Gasteiger partial charge in [0.2, 0.25) is 0 Å². The Morgan fingerprint density at radius 3 is 2.48 bits per heavy atom. The zero-order valence-corrected chi connectivity index (χ0v) is 15.7. The lowest BCUT2D eigenvalue weighted by atomic mass is 10.2. The summed E-state index contributed by atoms with van der Waals surface area (Å²) in [6, 6.07) is 13.4. The zero-order valence-electron chi connectivity index (χ0n) is 15.7. The van der Waals surface area contributed by atoms with Crippen LogP contribution in [0.2, 0.25) is 0 Å². The second-order valence-corrected chi connectivity index (χ2v) is 6.63. The number of halogens is 1. The Balaban J connectivity index is 1.29. The molecule has 1 amide bonds. The van der Waals surface area contributed by atoms with Crippen molar-refractivity contribution in [1.29, 1.82) is 0 Å². The summed E-state index contributed by atoms with van der Waals surface area (Å²) >= 11 is 0. The van der Waals surface area contributed by atoms with Crippen molar-refractivity contribution < 1.29 is 13.9 Å². The smallest absolute Gasteiger partial charge is 0.260 e. The highest BCUT2D eigenvalue weighted by atomic mass is 19.1. The van der Waals surface area contributed by atoms with Gasteiger partial charge in [-0.15, -0.1) is 10.2 Å².